The molecule has 1 aromatic heterocycles. The summed E-state index contributed by atoms with van der Waals surface area (Å²) in [7, 11) is 1.97. The number of hydrogen-bond acceptors (Lipinski definition) is 3. The first-order chi connectivity index (χ1) is 7.72. The smallest absolute Gasteiger partial charge is 0.142 e. The third-order valence-corrected chi connectivity index (χ3v) is 3.29. The second kappa shape index (κ2) is 4.78. The number of aliphatic hydroxyl groups excluding tert-OH is 1. The summed E-state index contributed by atoms with van der Waals surface area (Å²) in [5.41, 5.74) is 0.564. The summed E-state index contributed by atoms with van der Waals surface area (Å²) in [6.45, 7) is -0.169. The van der Waals surface area contributed by atoms with E-state index in [-0.39, 0.29) is 6.61 Å². The molecule has 0 unspecified atom stereocenters. The molecule has 1 heterocycles. The molecule has 1 saturated carbocycles. The van der Waals surface area contributed by atoms with E-state index in [1.54, 1.807) is 0 Å². The summed E-state index contributed by atoms with van der Waals surface area (Å²) in [4.78, 5) is 6.15. The number of aliphatic hydroxyl groups is 1. The minimum absolute atomic E-state index is 0.169. The van der Waals surface area contributed by atoms with Crippen LogP contribution in [0.3, 0.4) is 0 Å². The van der Waals surface area contributed by atoms with Crippen LogP contribution in [0.15, 0.2) is 12.3 Å². The third-order valence-electron chi connectivity index (χ3n) is 3.29. The van der Waals surface area contributed by atoms with Gasteiger partial charge in [-0.1, -0.05) is 12.8 Å². The Morgan fingerprint density at radius 3 is 2.81 bits per heavy atom. The molecule has 0 amide bonds. The Hall–Kier alpha value is -1.16. The molecule has 0 aliphatic heterocycles. The maximum Gasteiger partial charge on any atom is 0.142 e. The van der Waals surface area contributed by atoms with E-state index in [0.717, 1.165) is 12.8 Å². The molecule has 1 aliphatic carbocycles. The molecule has 0 bridgehead atoms. The Morgan fingerprint density at radius 2 is 2.19 bits per heavy atom. The molecule has 1 aliphatic rings. The lowest BCUT2D eigenvalue weighted by molar-refractivity contribution is 0.280. The Kier molecular flexibility index (Phi) is 3.39. The molecule has 1 aromatic rings. The summed E-state index contributed by atoms with van der Waals surface area (Å²) in [5.74, 6) is 0.309. The molecule has 3 nitrogen and oxygen atoms in total. The van der Waals surface area contributed by atoms with Gasteiger partial charge >= 0.3 is 0 Å². The van der Waals surface area contributed by atoms with Crippen molar-refractivity contribution in [3.8, 4) is 0 Å². The molecule has 4 heteroatoms. The van der Waals surface area contributed by atoms with Crippen molar-refractivity contribution in [1.29, 1.82) is 0 Å². The zero-order chi connectivity index (χ0) is 11.5. The molecule has 16 heavy (non-hydrogen) atoms. The summed E-state index contributed by atoms with van der Waals surface area (Å²) in [5, 5.41) is 9.20. The van der Waals surface area contributed by atoms with E-state index in [2.05, 4.69) is 9.88 Å². The van der Waals surface area contributed by atoms with Gasteiger partial charge in [0.05, 0.1) is 12.8 Å². The summed E-state index contributed by atoms with van der Waals surface area (Å²) < 4.78 is 13.0. The fourth-order valence-corrected chi connectivity index (χ4v) is 2.37. The maximum absolute atomic E-state index is 13.0. The van der Waals surface area contributed by atoms with E-state index in [1.807, 2.05) is 7.05 Å². The van der Waals surface area contributed by atoms with Crippen LogP contribution in [-0.4, -0.2) is 23.2 Å². The van der Waals surface area contributed by atoms with Crippen LogP contribution in [0, 0.1) is 5.82 Å². The van der Waals surface area contributed by atoms with Crippen molar-refractivity contribution < 1.29 is 9.50 Å². The standard InChI is InChI=1S/C12H17FN2O/c1-15(11-4-2-3-5-11)12-9(8-16)6-10(13)7-14-12/h6-7,11,16H,2-5,8H2,1H3. The summed E-state index contributed by atoms with van der Waals surface area (Å²) >= 11 is 0. The van der Waals surface area contributed by atoms with Gasteiger partial charge in [-0.15, -0.1) is 0 Å². The SMILES string of the molecule is CN(c1ncc(F)cc1CO)C1CCCC1. The number of pyridine rings is 1. The predicted molar refractivity (Wildman–Crippen MR) is 60.8 cm³/mol. The fourth-order valence-electron chi connectivity index (χ4n) is 2.37. The van der Waals surface area contributed by atoms with Crippen LogP contribution in [0.1, 0.15) is 31.2 Å². The molecular weight excluding hydrogens is 207 g/mol. The molecule has 0 saturated heterocycles. The quantitative estimate of drug-likeness (QED) is 0.854. The fraction of sp³-hybridized carbons (Fsp3) is 0.583. The monoisotopic (exact) mass is 224 g/mol. The molecule has 88 valence electrons. The van der Waals surface area contributed by atoms with Crippen LogP contribution in [-0.2, 0) is 6.61 Å². The van der Waals surface area contributed by atoms with Crippen LogP contribution in [0.4, 0.5) is 10.2 Å². The molecule has 1 fully saturated rings. The van der Waals surface area contributed by atoms with Crippen LogP contribution in [0.2, 0.25) is 0 Å². The lowest BCUT2D eigenvalue weighted by Crippen LogP contribution is -2.30. The second-order valence-electron chi connectivity index (χ2n) is 4.34. The number of anilines is 1. The van der Waals surface area contributed by atoms with Crippen LogP contribution in [0.5, 0.6) is 0 Å². The summed E-state index contributed by atoms with van der Waals surface area (Å²) in [6, 6.07) is 1.83. The number of halogens is 1. The Morgan fingerprint density at radius 1 is 1.50 bits per heavy atom. The van der Waals surface area contributed by atoms with Crippen LogP contribution < -0.4 is 4.90 Å². The van der Waals surface area contributed by atoms with Gasteiger partial charge in [-0.2, -0.15) is 0 Å². The number of rotatable bonds is 3. The van der Waals surface area contributed by atoms with Crippen LogP contribution >= 0.6 is 0 Å². The van der Waals surface area contributed by atoms with E-state index < -0.39 is 5.82 Å². The van der Waals surface area contributed by atoms with Gasteiger partial charge in [-0.25, -0.2) is 9.37 Å². The first kappa shape index (κ1) is 11.3. The minimum Gasteiger partial charge on any atom is -0.392 e. The van der Waals surface area contributed by atoms with Gasteiger partial charge in [-0.3, -0.25) is 0 Å². The molecule has 1 N–H and O–H groups in total. The summed E-state index contributed by atoms with van der Waals surface area (Å²) in [6.07, 6.45) is 6.00. The van der Waals surface area contributed by atoms with Crippen molar-refractivity contribution in [3.05, 3.63) is 23.6 Å². The van der Waals surface area contributed by atoms with Crippen molar-refractivity contribution in [2.75, 3.05) is 11.9 Å². The van der Waals surface area contributed by atoms with Gasteiger partial charge < -0.3 is 10.0 Å². The van der Waals surface area contributed by atoms with Crippen LogP contribution in [0.25, 0.3) is 0 Å². The van der Waals surface area contributed by atoms with E-state index in [9.17, 15) is 9.50 Å². The zero-order valence-electron chi connectivity index (χ0n) is 9.49. The maximum atomic E-state index is 13.0. The van der Waals surface area contributed by atoms with Gasteiger partial charge in [0.25, 0.3) is 0 Å². The first-order valence-electron chi connectivity index (χ1n) is 5.70. The highest BCUT2D eigenvalue weighted by atomic mass is 19.1. The van der Waals surface area contributed by atoms with Crippen molar-refractivity contribution in [2.45, 2.75) is 38.3 Å². The number of hydrogen-bond donors (Lipinski definition) is 1. The van der Waals surface area contributed by atoms with E-state index >= 15 is 0 Å². The van der Waals surface area contributed by atoms with E-state index in [4.69, 9.17) is 0 Å². The normalized spacial score (nSPS) is 16.7. The molecule has 2 rings (SSSR count). The number of nitrogens with zero attached hydrogens (tertiary/aromatic N) is 2. The van der Waals surface area contributed by atoms with Gasteiger partial charge in [-0.05, 0) is 18.9 Å². The van der Waals surface area contributed by atoms with Gasteiger partial charge in [0, 0.05) is 18.7 Å². The highest BCUT2D eigenvalue weighted by Crippen LogP contribution is 2.27. The Balaban J connectivity index is 2.24. The first-order valence-corrected chi connectivity index (χ1v) is 5.70. The van der Waals surface area contributed by atoms with Crippen molar-refractivity contribution in [3.63, 3.8) is 0 Å². The minimum atomic E-state index is -0.396. The topological polar surface area (TPSA) is 36.4 Å². The second-order valence-corrected chi connectivity index (χ2v) is 4.34. The average molecular weight is 224 g/mol. The van der Waals surface area contributed by atoms with E-state index in [0.29, 0.717) is 17.4 Å². The number of aromatic nitrogens is 1. The Labute approximate surface area is 94.9 Å². The van der Waals surface area contributed by atoms with Crippen molar-refractivity contribution >= 4 is 5.82 Å². The van der Waals surface area contributed by atoms with Gasteiger partial charge in [0.1, 0.15) is 11.6 Å². The Bertz CT molecular complexity index is 364. The lowest BCUT2D eigenvalue weighted by Gasteiger charge is -2.27. The molecule has 0 radical (unpaired) electrons. The molecular formula is C12H17FN2O. The van der Waals surface area contributed by atoms with E-state index in [1.165, 1.54) is 25.1 Å². The van der Waals surface area contributed by atoms with Gasteiger partial charge in [0.15, 0.2) is 0 Å². The third kappa shape index (κ3) is 2.16. The van der Waals surface area contributed by atoms with Crippen molar-refractivity contribution in [2.24, 2.45) is 0 Å². The largest absolute Gasteiger partial charge is 0.392 e. The van der Waals surface area contributed by atoms with Gasteiger partial charge in [0.2, 0.25) is 0 Å². The predicted octanol–water partition coefficient (Wildman–Crippen LogP) is 2.09. The molecule has 0 spiro atoms. The highest BCUT2D eigenvalue weighted by Gasteiger charge is 2.22. The average Bonchev–Trinajstić information content (AvgIpc) is 2.81. The molecule has 0 atom stereocenters. The lowest BCUT2D eigenvalue weighted by atomic mass is 10.2. The van der Waals surface area contributed by atoms with Crippen molar-refractivity contribution in [1.82, 2.24) is 4.98 Å². The highest BCUT2D eigenvalue weighted by molar-refractivity contribution is 5.47. The zero-order valence-corrected chi connectivity index (χ0v) is 9.49. The molecule has 0 aromatic carbocycles.